The number of aliphatic hydroxyl groups excluding tert-OH is 1. The second-order valence-electron chi connectivity index (χ2n) is 7.42. The Hall–Kier alpha value is -1.89. The van der Waals surface area contributed by atoms with Crippen molar-refractivity contribution in [2.24, 2.45) is 17.4 Å². The van der Waals surface area contributed by atoms with Crippen LogP contribution in [0.1, 0.15) is 40.0 Å². The van der Waals surface area contributed by atoms with Gasteiger partial charge in [-0.15, -0.1) is 0 Å². The summed E-state index contributed by atoms with van der Waals surface area (Å²) in [6.45, 7) is 5.04. The number of aliphatic hydroxyl groups is 1. The van der Waals surface area contributed by atoms with E-state index < -0.39 is 54.0 Å². The summed E-state index contributed by atoms with van der Waals surface area (Å²) in [6.07, 6.45) is 0.258. The number of hydrogen-bond donors (Lipinski definition) is 8. The Balaban J connectivity index is 5.27. The van der Waals surface area contributed by atoms with Gasteiger partial charge < -0.3 is 37.6 Å². The molecule has 0 radical (unpaired) electrons. The number of unbranched alkanes of at least 4 members (excludes halogenated alkanes) is 1. The maximum Gasteiger partial charge on any atom is 0.326 e. The van der Waals surface area contributed by atoms with Gasteiger partial charge in [0.25, 0.3) is 0 Å². The molecule has 0 aromatic rings. The minimum atomic E-state index is -1.23. The first-order valence-corrected chi connectivity index (χ1v) is 10.5. The summed E-state index contributed by atoms with van der Waals surface area (Å²) < 4.78 is 0. The molecule has 0 aromatic carbocycles. The van der Waals surface area contributed by atoms with Crippen molar-refractivity contribution >= 4 is 36.3 Å². The first kappa shape index (κ1) is 28.1. The third-order valence-corrected chi connectivity index (χ3v) is 4.81. The summed E-state index contributed by atoms with van der Waals surface area (Å²) in [5.41, 5.74) is 11.0. The molecule has 0 saturated heterocycles. The Kier molecular flexibility index (Phi) is 13.3. The number of hydrogen-bond acceptors (Lipinski definition) is 8. The highest BCUT2D eigenvalue weighted by molar-refractivity contribution is 7.80. The van der Waals surface area contributed by atoms with E-state index in [4.69, 9.17) is 11.5 Å². The number of carboxylic acid groups (broad SMARTS) is 1. The lowest BCUT2D eigenvalue weighted by Gasteiger charge is -2.25. The Bertz CT molecular complexity index is 589. The molecule has 0 saturated carbocycles. The smallest absolute Gasteiger partial charge is 0.326 e. The van der Waals surface area contributed by atoms with E-state index in [0.717, 1.165) is 0 Å². The number of thiol groups is 1. The first-order valence-electron chi connectivity index (χ1n) is 9.84. The molecule has 0 rings (SSSR count). The molecule has 0 spiro atoms. The minimum absolute atomic E-state index is 0.0784. The largest absolute Gasteiger partial charge is 0.480 e. The van der Waals surface area contributed by atoms with Crippen molar-refractivity contribution in [3.05, 3.63) is 0 Å². The van der Waals surface area contributed by atoms with Crippen LogP contribution in [0.4, 0.5) is 0 Å². The summed E-state index contributed by atoms with van der Waals surface area (Å²) in [4.78, 5) is 48.6. The van der Waals surface area contributed by atoms with Crippen LogP contribution in [-0.4, -0.2) is 76.5 Å². The zero-order valence-electron chi connectivity index (χ0n) is 17.6. The molecule has 5 atom stereocenters. The molecule has 0 heterocycles. The Morgan fingerprint density at radius 1 is 0.933 bits per heavy atom. The molecule has 0 bridgehead atoms. The quantitative estimate of drug-likeness (QED) is 0.109. The fourth-order valence-electron chi connectivity index (χ4n) is 2.48. The predicted octanol–water partition coefficient (Wildman–Crippen LogP) is -2.05. The van der Waals surface area contributed by atoms with Crippen LogP contribution in [-0.2, 0) is 19.2 Å². The van der Waals surface area contributed by atoms with Crippen molar-refractivity contribution in [2.45, 2.75) is 70.3 Å². The second-order valence-corrected chi connectivity index (χ2v) is 7.79. The zero-order valence-corrected chi connectivity index (χ0v) is 18.5. The number of nitrogens with one attached hydrogen (secondary N) is 3. The van der Waals surface area contributed by atoms with Gasteiger partial charge in [-0.1, -0.05) is 13.8 Å². The molecule has 12 heteroatoms. The normalized spacial score (nSPS) is 16.1. The van der Waals surface area contributed by atoms with Gasteiger partial charge in [0.05, 0.1) is 6.10 Å². The number of carbonyl (C=O) groups excluding carboxylic acids is 3. The maximum absolute atomic E-state index is 12.6. The van der Waals surface area contributed by atoms with E-state index in [1.54, 1.807) is 13.8 Å². The number of rotatable bonds is 14. The third kappa shape index (κ3) is 9.74. The fraction of sp³-hybridized carbons (Fsp3) is 0.778. The lowest BCUT2D eigenvalue weighted by atomic mass is 10.0. The Labute approximate surface area is 182 Å². The maximum atomic E-state index is 12.6. The van der Waals surface area contributed by atoms with Gasteiger partial charge in [-0.3, -0.25) is 14.4 Å². The van der Waals surface area contributed by atoms with Crippen molar-refractivity contribution < 1.29 is 29.4 Å². The zero-order chi connectivity index (χ0) is 23.4. The van der Waals surface area contributed by atoms with E-state index in [-0.39, 0.29) is 18.1 Å². The van der Waals surface area contributed by atoms with E-state index in [0.29, 0.717) is 19.4 Å². The van der Waals surface area contributed by atoms with Crippen LogP contribution < -0.4 is 27.4 Å². The molecule has 9 N–H and O–H groups in total. The molecule has 3 amide bonds. The number of aliphatic carboxylic acids is 1. The molecule has 30 heavy (non-hydrogen) atoms. The summed E-state index contributed by atoms with van der Waals surface area (Å²) in [5.74, 6) is -3.69. The topological polar surface area (TPSA) is 197 Å². The SMILES string of the molecule is CC(C)C(NC(=O)C(CCCCN)NC(=O)C(CS)NC(=O)C(N)C(C)O)C(=O)O. The molecule has 0 aromatic heterocycles. The number of carbonyl (C=O) groups is 4. The highest BCUT2D eigenvalue weighted by Gasteiger charge is 2.31. The van der Waals surface area contributed by atoms with Gasteiger partial charge in [-0.2, -0.15) is 12.6 Å². The van der Waals surface area contributed by atoms with Gasteiger partial charge in [0.1, 0.15) is 24.2 Å². The van der Waals surface area contributed by atoms with Crippen molar-refractivity contribution in [1.82, 2.24) is 16.0 Å². The van der Waals surface area contributed by atoms with Crippen molar-refractivity contribution in [3.63, 3.8) is 0 Å². The summed E-state index contributed by atoms with van der Waals surface area (Å²) in [6, 6.07) is -4.47. The van der Waals surface area contributed by atoms with Gasteiger partial charge in [0.15, 0.2) is 0 Å². The monoisotopic (exact) mass is 449 g/mol. The van der Waals surface area contributed by atoms with Crippen LogP contribution in [0.5, 0.6) is 0 Å². The van der Waals surface area contributed by atoms with Gasteiger partial charge >= 0.3 is 5.97 Å². The van der Waals surface area contributed by atoms with Crippen LogP contribution in [0, 0.1) is 5.92 Å². The second kappa shape index (κ2) is 14.2. The van der Waals surface area contributed by atoms with Gasteiger partial charge in [0.2, 0.25) is 17.7 Å². The van der Waals surface area contributed by atoms with Crippen LogP contribution >= 0.6 is 12.6 Å². The van der Waals surface area contributed by atoms with Gasteiger partial charge in [-0.05, 0) is 38.6 Å². The molecule has 174 valence electrons. The van der Waals surface area contributed by atoms with Crippen molar-refractivity contribution in [2.75, 3.05) is 12.3 Å². The Morgan fingerprint density at radius 2 is 1.47 bits per heavy atom. The van der Waals surface area contributed by atoms with Gasteiger partial charge in [-0.25, -0.2) is 4.79 Å². The Morgan fingerprint density at radius 3 is 1.90 bits per heavy atom. The number of nitrogens with two attached hydrogens (primary N) is 2. The number of amides is 3. The van der Waals surface area contributed by atoms with Crippen LogP contribution in [0.2, 0.25) is 0 Å². The lowest BCUT2D eigenvalue weighted by Crippen LogP contribution is -2.59. The third-order valence-electron chi connectivity index (χ3n) is 4.45. The van der Waals surface area contributed by atoms with Crippen LogP contribution in [0.3, 0.4) is 0 Å². The van der Waals surface area contributed by atoms with Gasteiger partial charge in [0, 0.05) is 5.75 Å². The predicted molar refractivity (Wildman–Crippen MR) is 115 cm³/mol. The van der Waals surface area contributed by atoms with Crippen molar-refractivity contribution in [1.29, 1.82) is 0 Å². The van der Waals surface area contributed by atoms with Crippen LogP contribution in [0.15, 0.2) is 0 Å². The lowest BCUT2D eigenvalue weighted by molar-refractivity contribution is -0.143. The molecular formula is C18H35N5O6S. The van der Waals surface area contributed by atoms with E-state index >= 15 is 0 Å². The van der Waals surface area contributed by atoms with Crippen molar-refractivity contribution in [3.8, 4) is 0 Å². The molecule has 0 aliphatic heterocycles. The van der Waals surface area contributed by atoms with Crippen LogP contribution in [0.25, 0.3) is 0 Å². The summed E-state index contributed by atoms with van der Waals surface area (Å²) >= 11 is 4.05. The number of carboxylic acids is 1. The average Bonchev–Trinajstić information content (AvgIpc) is 2.67. The molecular weight excluding hydrogens is 414 g/mol. The molecule has 0 fully saturated rings. The molecule has 11 nitrogen and oxygen atoms in total. The van der Waals surface area contributed by atoms with E-state index in [1.165, 1.54) is 6.92 Å². The minimum Gasteiger partial charge on any atom is -0.480 e. The van der Waals surface area contributed by atoms with E-state index in [1.807, 2.05) is 0 Å². The fourth-order valence-corrected chi connectivity index (χ4v) is 2.74. The summed E-state index contributed by atoms with van der Waals surface area (Å²) in [5, 5.41) is 26.0. The molecule has 5 unspecified atom stereocenters. The molecule has 0 aliphatic carbocycles. The molecule has 0 aliphatic rings. The first-order chi connectivity index (χ1) is 14.0. The average molecular weight is 450 g/mol. The van der Waals surface area contributed by atoms with E-state index in [9.17, 15) is 29.4 Å². The van der Waals surface area contributed by atoms with E-state index in [2.05, 4.69) is 28.6 Å². The highest BCUT2D eigenvalue weighted by atomic mass is 32.1. The highest BCUT2D eigenvalue weighted by Crippen LogP contribution is 2.06. The summed E-state index contributed by atoms with van der Waals surface area (Å²) in [7, 11) is 0. The standard InChI is InChI=1S/C18H35N5O6S/c1-9(2)14(18(28)29)23-15(25)11(6-4-5-7-19)21-16(26)12(8-30)22-17(27)13(20)10(3)24/h9-14,24,30H,4-8,19-20H2,1-3H3,(H,21,26)(H,22,27)(H,23,25)(H,28,29).